The van der Waals surface area contributed by atoms with Gasteiger partial charge >= 0.3 is 0 Å². The minimum absolute atomic E-state index is 0.0688. The summed E-state index contributed by atoms with van der Waals surface area (Å²) in [5, 5.41) is 0. The van der Waals surface area contributed by atoms with Crippen LogP contribution in [0.15, 0.2) is 42.9 Å². The lowest BCUT2D eigenvalue weighted by molar-refractivity contribution is 0.0735. The number of halogens is 1. The minimum Gasteiger partial charge on any atom is -0.381 e. The zero-order valence-electron chi connectivity index (χ0n) is 14.6. The van der Waals surface area contributed by atoms with E-state index >= 15 is 0 Å². The van der Waals surface area contributed by atoms with Gasteiger partial charge in [-0.25, -0.2) is 4.39 Å². The van der Waals surface area contributed by atoms with Crippen LogP contribution in [0.25, 0.3) is 0 Å². The molecule has 2 aromatic heterocycles. The molecule has 0 bridgehead atoms. The normalized spacial score (nSPS) is 22.6. The van der Waals surface area contributed by atoms with E-state index in [0.29, 0.717) is 25.6 Å². The quantitative estimate of drug-likeness (QED) is 0.800. The molecule has 1 aliphatic heterocycles. The molecule has 2 aromatic rings. The molecular formula is C20H22FN3O2. The van der Waals surface area contributed by atoms with E-state index in [0.717, 1.165) is 18.5 Å². The largest absolute Gasteiger partial charge is 0.381 e. The summed E-state index contributed by atoms with van der Waals surface area (Å²) in [5.41, 5.74) is 1.03. The van der Waals surface area contributed by atoms with Gasteiger partial charge in [0.1, 0.15) is 0 Å². The topological polar surface area (TPSA) is 55.3 Å². The number of carbonyl (C=O) groups excluding carboxylic acids is 1. The summed E-state index contributed by atoms with van der Waals surface area (Å²) < 4.78 is 19.9. The van der Waals surface area contributed by atoms with Crippen molar-refractivity contribution in [2.24, 2.45) is 11.8 Å². The Balaban J connectivity index is 1.50. The summed E-state index contributed by atoms with van der Waals surface area (Å²) in [5.74, 6) is 0.0888. The smallest absolute Gasteiger partial charge is 0.256 e. The second-order valence-electron chi connectivity index (χ2n) is 7.17. The highest BCUT2D eigenvalue weighted by atomic mass is 19.1. The van der Waals surface area contributed by atoms with Crippen molar-refractivity contribution in [3.63, 3.8) is 0 Å². The van der Waals surface area contributed by atoms with Crippen LogP contribution in [0.1, 0.15) is 34.8 Å². The van der Waals surface area contributed by atoms with E-state index in [-0.39, 0.29) is 23.3 Å². The SMILES string of the molecule is O=C(c1ccncc1F)N1C[C@@H](COCC2CC2)[C@H](c2ccccn2)C1. The average Bonchev–Trinajstić information content (AvgIpc) is 3.39. The van der Waals surface area contributed by atoms with Crippen molar-refractivity contribution in [1.29, 1.82) is 0 Å². The molecule has 1 saturated heterocycles. The van der Waals surface area contributed by atoms with E-state index < -0.39 is 5.82 Å². The number of pyridine rings is 2. The molecule has 136 valence electrons. The molecule has 2 atom stereocenters. The predicted octanol–water partition coefficient (Wildman–Crippen LogP) is 2.90. The van der Waals surface area contributed by atoms with Gasteiger partial charge < -0.3 is 9.64 Å². The fourth-order valence-corrected chi connectivity index (χ4v) is 3.53. The lowest BCUT2D eigenvalue weighted by Crippen LogP contribution is -2.30. The van der Waals surface area contributed by atoms with Crippen molar-refractivity contribution in [1.82, 2.24) is 14.9 Å². The first-order chi connectivity index (χ1) is 12.7. The fraction of sp³-hybridized carbons (Fsp3) is 0.450. The Hall–Kier alpha value is -2.34. The first-order valence-electron chi connectivity index (χ1n) is 9.10. The maximum atomic E-state index is 14.0. The van der Waals surface area contributed by atoms with E-state index in [1.165, 1.54) is 25.1 Å². The first kappa shape index (κ1) is 17.1. The van der Waals surface area contributed by atoms with Gasteiger partial charge in [-0.15, -0.1) is 0 Å². The van der Waals surface area contributed by atoms with Crippen LogP contribution in [0.4, 0.5) is 4.39 Å². The monoisotopic (exact) mass is 355 g/mol. The van der Waals surface area contributed by atoms with Crippen molar-refractivity contribution in [3.05, 3.63) is 59.9 Å². The van der Waals surface area contributed by atoms with Crippen LogP contribution in [0, 0.1) is 17.7 Å². The van der Waals surface area contributed by atoms with Crippen LogP contribution >= 0.6 is 0 Å². The van der Waals surface area contributed by atoms with E-state index in [2.05, 4.69) is 9.97 Å². The van der Waals surface area contributed by atoms with Crippen molar-refractivity contribution < 1.29 is 13.9 Å². The summed E-state index contributed by atoms with van der Waals surface area (Å²) in [4.78, 5) is 22.7. The minimum atomic E-state index is -0.583. The van der Waals surface area contributed by atoms with Gasteiger partial charge in [0.15, 0.2) is 5.82 Å². The number of nitrogens with zero attached hydrogens (tertiary/aromatic N) is 3. The van der Waals surface area contributed by atoms with Gasteiger partial charge in [-0.1, -0.05) is 6.07 Å². The number of carbonyl (C=O) groups is 1. The first-order valence-corrected chi connectivity index (χ1v) is 9.10. The Bertz CT molecular complexity index is 767. The van der Waals surface area contributed by atoms with Gasteiger partial charge in [-0.3, -0.25) is 14.8 Å². The molecule has 1 aliphatic carbocycles. The molecule has 1 saturated carbocycles. The molecule has 4 rings (SSSR count). The summed E-state index contributed by atoms with van der Waals surface area (Å²) in [6.45, 7) is 2.46. The van der Waals surface area contributed by atoms with Crippen molar-refractivity contribution in [3.8, 4) is 0 Å². The molecule has 3 heterocycles. The second-order valence-corrected chi connectivity index (χ2v) is 7.17. The van der Waals surface area contributed by atoms with Crippen LogP contribution < -0.4 is 0 Å². The lowest BCUT2D eigenvalue weighted by atomic mass is 9.93. The summed E-state index contributed by atoms with van der Waals surface area (Å²) in [6, 6.07) is 7.26. The van der Waals surface area contributed by atoms with E-state index in [1.54, 1.807) is 11.1 Å². The number of ether oxygens (including phenoxy) is 1. The standard InChI is InChI=1S/C20H22FN3O2/c21-18-9-22-8-6-16(18)20(25)24-10-15(13-26-12-14-4-5-14)17(11-24)19-3-1-2-7-23-19/h1-3,6-9,14-15,17H,4-5,10-13H2/t15-,17+/m0/s1. The maximum Gasteiger partial charge on any atom is 0.256 e. The maximum absolute atomic E-state index is 14.0. The Kier molecular flexibility index (Phi) is 4.93. The Morgan fingerprint density at radius 1 is 1.19 bits per heavy atom. The molecule has 0 N–H and O–H groups in total. The Morgan fingerprint density at radius 2 is 2.08 bits per heavy atom. The number of aromatic nitrogens is 2. The Labute approximate surface area is 152 Å². The van der Waals surface area contributed by atoms with Crippen molar-refractivity contribution >= 4 is 5.91 Å². The molecule has 2 aliphatic rings. The predicted molar refractivity (Wildman–Crippen MR) is 94.1 cm³/mol. The number of hydrogen-bond donors (Lipinski definition) is 0. The molecular weight excluding hydrogens is 333 g/mol. The van der Waals surface area contributed by atoms with Gasteiger partial charge in [-0.2, -0.15) is 0 Å². The molecule has 6 heteroatoms. The Morgan fingerprint density at radius 3 is 2.81 bits per heavy atom. The van der Waals surface area contributed by atoms with Crippen LogP contribution in [0.5, 0.6) is 0 Å². The second kappa shape index (κ2) is 7.50. The summed E-state index contributed by atoms with van der Waals surface area (Å²) in [7, 11) is 0. The number of amides is 1. The van der Waals surface area contributed by atoms with Crippen LogP contribution in [0.3, 0.4) is 0 Å². The molecule has 0 spiro atoms. The van der Waals surface area contributed by atoms with E-state index in [1.807, 2.05) is 18.2 Å². The number of likely N-dealkylation sites (tertiary alicyclic amines) is 1. The number of rotatable bonds is 6. The molecule has 0 aromatic carbocycles. The average molecular weight is 355 g/mol. The van der Waals surface area contributed by atoms with Gasteiger partial charge in [-0.05, 0) is 37.0 Å². The fourth-order valence-electron chi connectivity index (χ4n) is 3.53. The van der Waals surface area contributed by atoms with E-state index in [4.69, 9.17) is 4.74 Å². The molecule has 2 fully saturated rings. The van der Waals surface area contributed by atoms with Gasteiger partial charge in [0, 0.05) is 49.6 Å². The highest BCUT2D eigenvalue weighted by molar-refractivity contribution is 5.94. The third-order valence-electron chi connectivity index (χ3n) is 5.18. The lowest BCUT2D eigenvalue weighted by Gasteiger charge is -2.17. The van der Waals surface area contributed by atoms with Crippen LogP contribution in [-0.2, 0) is 4.74 Å². The molecule has 26 heavy (non-hydrogen) atoms. The zero-order valence-corrected chi connectivity index (χ0v) is 14.6. The van der Waals surface area contributed by atoms with Gasteiger partial charge in [0.2, 0.25) is 0 Å². The third kappa shape index (κ3) is 3.75. The molecule has 0 unspecified atom stereocenters. The van der Waals surface area contributed by atoms with Gasteiger partial charge in [0.05, 0.1) is 18.4 Å². The number of hydrogen-bond acceptors (Lipinski definition) is 4. The zero-order chi connectivity index (χ0) is 17.9. The summed E-state index contributed by atoms with van der Waals surface area (Å²) >= 11 is 0. The third-order valence-corrected chi connectivity index (χ3v) is 5.18. The summed E-state index contributed by atoms with van der Waals surface area (Å²) in [6.07, 6.45) is 6.79. The van der Waals surface area contributed by atoms with Crippen molar-refractivity contribution in [2.75, 3.05) is 26.3 Å². The van der Waals surface area contributed by atoms with Crippen LogP contribution in [0.2, 0.25) is 0 Å². The molecule has 5 nitrogen and oxygen atoms in total. The van der Waals surface area contributed by atoms with Crippen LogP contribution in [-0.4, -0.2) is 47.1 Å². The highest BCUT2D eigenvalue weighted by Gasteiger charge is 2.38. The van der Waals surface area contributed by atoms with E-state index in [9.17, 15) is 9.18 Å². The molecule has 0 radical (unpaired) electrons. The molecule has 1 amide bonds. The highest BCUT2D eigenvalue weighted by Crippen LogP contribution is 2.34. The van der Waals surface area contributed by atoms with Crippen molar-refractivity contribution in [2.45, 2.75) is 18.8 Å². The van der Waals surface area contributed by atoms with Gasteiger partial charge in [0.25, 0.3) is 5.91 Å².